The van der Waals surface area contributed by atoms with E-state index in [1.807, 2.05) is 0 Å². The fourth-order valence-electron chi connectivity index (χ4n) is 10.7. The van der Waals surface area contributed by atoms with Gasteiger partial charge in [0, 0.05) is 37.7 Å². The number of nitrogens with one attached hydrogen (secondary N) is 1. The number of amides is 1. The number of carbonyl (C=O) groups is 6. The first-order valence-corrected chi connectivity index (χ1v) is 23.4. The van der Waals surface area contributed by atoms with E-state index in [0.717, 1.165) is 13.8 Å². The summed E-state index contributed by atoms with van der Waals surface area (Å²) in [6.45, 7) is 6.69. The molecular formula is C52H63NO19. The van der Waals surface area contributed by atoms with Gasteiger partial charge in [-0.3, -0.25) is 19.2 Å². The number of fused-ring (bicyclic) bond motifs is 5. The number of rotatable bonds is 14. The zero-order valence-corrected chi connectivity index (χ0v) is 40.6. The molecule has 2 saturated carbocycles. The van der Waals surface area contributed by atoms with Crippen LogP contribution in [0.1, 0.15) is 86.7 Å². The molecule has 7 rings (SSSR count). The fourth-order valence-corrected chi connectivity index (χ4v) is 10.7. The van der Waals surface area contributed by atoms with Crippen LogP contribution in [0.25, 0.3) is 0 Å². The SMILES string of the molecule is CC(=O)O[C@H]1C(=O)[C@@]2(C)[C@H]([C@H](OC(=O)c3ccccc3)[C@]3(O)C[C@H](OC(=O)[C@H](O)[C@@H](NC(=O)c4ccccc4)c4ccccc4)C(C)=C1C3(C)C)[C@]1(OC(C)=O)CO[C@@H]1C[C@@H]2O.OC[C@@H](O)C(O)[C@@H](O)CO. The molecule has 3 fully saturated rings. The smallest absolute Gasteiger partial charge is 0.338 e. The van der Waals surface area contributed by atoms with Crippen molar-refractivity contribution in [2.45, 2.75) is 127 Å². The van der Waals surface area contributed by atoms with Crippen molar-refractivity contribution in [1.82, 2.24) is 5.32 Å². The van der Waals surface area contributed by atoms with Crippen LogP contribution in [-0.2, 0) is 42.9 Å². The van der Waals surface area contributed by atoms with Crippen LogP contribution in [0.4, 0.5) is 0 Å². The van der Waals surface area contributed by atoms with E-state index in [1.54, 1.807) is 92.7 Å². The van der Waals surface area contributed by atoms with Crippen molar-refractivity contribution in [1.29, 1.82) is 0 Å². The molecule has 3 aromatic carbocycles. The first-order chi connectivity index (χ1) is 33.9. The second kappa shape index (κ2) is 22.0. The summed E-state index contributed by atoms with van der Waals surface area (Å²) in [4.78, 5) is 83.5. The van der Waals surface area contributed by atoms with Crippen LogP contribution in [0.15, 0.2) is 102 Å². The molecular weight excluding hydrogens is 943 g/mol. The Labute approximate surface area is 415 Å². The van der Waals surface area contributed by atoms with Crippen molar-refractivity contribution in [3.8, 4) is 0 Å². The second-order valence-corrected chi connectivity index (χ2v) is 19.3. The fraction of sp³-hybridized carbons (Fsp3) is 0.500. The van der Waals surface area contributed by atoms with Crippen LogP contribution >= 0.6 is 0 Å². The third-order valence-corrected chi connectivity index (χ3v) is 14.6. The van der Waals surface area contributed by atoms with Crippen molar-refractivity contribution in [3.63, 3.8) is 0 Å². The van der Waals surface area contributed by atoms with Gasteiger partial charge in [-0.25, -0.2) is 9.59 Å². The van der Waals surface area contributed by atoms with Crippen molar-refractivity contribution in [2.24, 2.45) is 16.7 Å². The quantitative estimate of drug-likeness (QED) is 0.0612. The molecule has 0 radical (unpaired) electrons. The summed E-state index contributed by atoms with van der Waals surface area (Å²) in [5.74, 6) is -6.84. The van der Waals surface area contributed by atoms with Gasteiger partial charge in [-0.2, -0.15) is 0 Å². The molecule has 0 aromatic heterocycles. The van der Waals surface area contributed by atoms with Gasteiger partial charge in [0.2, 0.25) is 0 Å². The lowest BCUT2D eigenvalue weighted by Crippen LogP contribution is -2.82. The Balaban J connectivity index is 0.000000764. The Morgan fingerprint density at radius 1 is 0.778 bits per heavy atom. The third-order valence-electron chi connectivity index (χ3n) is 14.6. The molecule has 3 aliphatic carbocycles. The lowest BCUT2D eigenvalue weighted by molar-refractivity contribution is -0.346. The Morgan fingerprint density at radius 2 is 1.32 bits per heavy atom. The van der Waals surface area contributed by atoms with E-state index in [-0.39, 0.29) is 35.3 Å². The molecule has 1 aliphatic heterocycles. The molecule has 2 bridgehead atoms. The summed E-state index contributed by atoms with van der Waals surface area (Å²) >= 11 is 0. The minimum atomic E-state index is -2.39. The Hall–Kier alpha value is -5.94. The number of hydrogen-bond donors (Lipinski definition) is 9. The van der Waals surface area contributed by atoms with Crippen LogP contribution < -0.4 is 5.32 Å². The molecule has 72 heavy (non-hydrogen) atoms. The highest BCUT2D eigenvalue weighted by molar-refractivity contribution is 5.96. The lowest BCUT2D eigenvalue weighted by Gasteiger charge is -2.67. The summed E-state index contributed by atoms with van der Waals surface area (Å²) in [6.07, 6.45) is -14.8. The molecule has 20 heteroatoms. The van der Waals surface area contributed by atoms with Gasteiger partial charge < -0.3 is 69.9 Å². The van der Waals surface area contributed by atoms with E-state index in [0.29, 0.717) is 5.56 Å². The average Bonchev–Trinajstić information content (AvgIpc) is 3.36. The van der Waals surface area contributed by atoms with Crippen LogP contribution in [-0.4, -0.2) is 162 Å². The lowest BCUT2D eigenvalue weighted by atomic mass is 9.44. The van der Waals surface area contributed by atoms with Crippen LogP contribution in [0.2, 0.25) is 0 Å². The molecule has 20 nitrogen and oxygen atoms in total. The third kappa shape index (κ3) is 10.3. The number of hydrogen-bond acceptors (Lipinski definition) is 19. The maximum absolute atomic E-state index is 15.5. The highest BCUT2D eigenvalue weighted by Crippen LogP contribution is 2.64. The predicted octanol–water partition coefficient (Wildman–Crippen LogP) is 0.789. The minimum absolute atomic E-state index is 0.00289. The van der Waals surface area contributed by atoms with E-state index < -0.39 is 144 Å². The van der Waals surface area contributed by atoms with E-state index in [1.165, 1.54) is 26.0 Å². The standard InChI is InChI=1S/C47H51NO14.C5H12O5/c1-25-31(60-43(56)36(52)35(28-16-10-7-11-17-28)48-41(54)29-18-12-8-13-19-29)23-47(57)40(61-42(55)30-20-14-9-15-21-30)38-45(6,32(51)22-33-46(38,24-58-33)62-27(3)50)39(53)37(59-26(2)49)34(25)44(47,4)5;6-1-3(8)5(10)4(9)2-7/h7-21,31-33,35-38,40,51-52,57H,22-24H2,1-6H3,(H,48,54);3-10H,1-2H2/t31-,32-,33+,35-,36+,37+,38-,40-,45+,46-,47+;3-,4+,5?/m0./s1. The van der Waals surface area contributed by atoms with Crippen molar-refractivity contribution >= 4 is 35.6 Å². The highest BCUT2D eigenvalue weighted by atomic mass is 16.6. The largest absolute Gasteiger partial charge is 0.456 e. The van der Waals surface area contributed by atoms with Crippen LogP contribution in [0.3, 0.4) is 0 Å². The number of esters is 4. The highest BCUT2D eigenvalue weighted by Gasteiger charge is 2.78. The average molecular weight is 1010 g/mol. The van der Waals surface area contributed by atoms with Crippen molar-refractivity contribution in [3.05, 3.63) is 119 Å². The summed E-state index contributed by atoms with van der Waals surface area (Å²) < 4.78 is 30.3. The molecule has 1 saturated heterocycles. The molecule has 1 heterocycles. The number of aliphatic hydroxyl groups is 8. The number of carbonyl (C=O) groups excluding carboxylic acids is 6. The van der Waals surface area contributed by atoms with Gasteiger partial charge in [-0.1, -0.05) is 80.6 Å². The zero-order valence-electron chi connectivity index (χ0n) is 40.6. The predicted molar refractivity (Wildman–Crippen MR) is 250 cm³/mol. The molecule has 1 unspecified atom stereocenters. The summed E-state index contributed by atoms with van der Waals surface area (Å²) in [5, 5.41) is 82.8. The maximum Gasteiger partial charge on any atom is 0.338 e. The number of benzene rings is 3. The summed E-state index contributed by atoms with van der Waals surface area (Å²) in [7, 11) is 0. The van der Waals surface area contributed by atoms with Gasteiger partial charge in [-0.15, -0.1) is 0 Å². The second-order valence-electron chi connectivity index (χ2n) is 19.3. The number of ether oxygens (including phenoxy) is 5. The van der Waals surface area contributed by atoms with Gasteiger partial charge in [0.15, 0.2) is 23.6 Å². The summed E-state index contributed by atoms with van der Waals surface area (Å²) in [6, 6.07) is 22.9. The topological polar surface area (TPSA) is 322 Å². The monoisotopic (exact) mass is 1010 g/mol. The normalized spacial score (nSPS) is 30.2. The van der Waals surface area contributed by atoms with Gasteiger partial charge in [0.05, 0.1) is 48.9 Å². The van der Waals surface area contributed by atoms with E-state index in [4.69, 9.17) is 49.2 Å². The zero-order chi connectivity index (χ0) is 53.1. The Bertz CT molecular complexity index is 2480. The van der Waals surface area contributed by atoms with Crippen LogP contribution in [0.5, 0.6) is 0 Å². The first-order valence-electron chi connectivity index (χ1n) is 23.4. The van der Waals surface area contributed by atoms with Gasteiger partial charge in [0.25, 0.3) is 5.91 Å². The molecule has 9 N–H and O–H groups in total. The van der Waals surface area contributed by atoms with E-state index in [9.17, 15) is 39.3 Å². The summed E-state index contributed by atoms with van der Waals surface area (Å²) in [5.41, 5.74) is -7.02. The Morgan fingerprint density at radius 3 is 1.82 bits per heavy atom. The number of aliphatic hydroxyl groups excluding tert-OH is 7. The van der Waals surface area contributed by atoms with Crippen molar-refractivity contribution in [2.75, 3.05) is 19.8 Å². The molecule has 3 aromatic rings. The van der Waals surface area contributed by atoms with Gasteiger partial charge >= 0.3 is 23.9 Å². The minimum Gasteiger partial charge on any atom is -0.456 e. The molecule has 0 spiro atoms. The number of ketones is 1. The van der Waals surface area contributed by atoms with Gasteiger partial charge in [0.1, 0.15) is 42.2 Å². The Kier molecular flexibility index (Phi) is 17.0. The van der Waals surface area contributed by atoms with Gasteiger partial charge in [-0.05, 0) is 54.8 Å². The molecule has 390 valence electrons. The van der Waals surface area contributed by atoms with E-state index >= 15 is 4.79 Å². The van der Waals surface area contributed by atoms with Crippen LogP contribution in [0, 0.1) is 16.7 Å². The molecule has 14 atom stereocenters. The maximum atomic E-state index is 15.5. The first kappa shape index (κ1) is 55.4. The van der Waals surface area contributed by atoms with Crippen molar-refractivity contribution < 1.29 is 93.3 Å². The molecule has 1 amide bonds. The molecule has 4 aliphatic rings. The van der Waals surface area contributed by atoms with E-state index in [2.05, 4.69) is 5.32 Å². The number of Topliss-reactive ketones (excluding diaryl/α,β-unsaturated/α-hetero) is 1.